The lowest BCUT2D eigenvalue weighted by Crippen LogP contribution is -2.50. The standard InChI is InChI=1S/C19H25FN4O2/c1-19(2,3)26-18(25)23(4)13-7-6-10-24(11-13)17-14-8-5-9-15(20)16(14)21-12-22-17/h5,8-9,12-13H,6-7,10-11H2,1-4H3. The molecule has 1 fully saturated rings. The van der Waals surface area contributed by atoms with Crippen molar-refractivity contribution in [1.82, 2.24) is 14.9 Å². The van der Waals surface area contributed by atoms with Gasteiger partial charge in [0, 0.05) is 25.5 Å². The summed E-state index contributed by atoms with van der Waals surface area (Å²) in [7, 11) is 1.76. The first-order chi connectivity index (χ1) is 12.3. The molecule has 1 atom stereocenters. The van der Waals surface area contributed by atoms with Crippen LogP contribution in [0.25, 0.3) is 10.9 Å². The van der Waals surface area contributed by atoms with Crippen molar-refractivity contribution >= 4 is 22.8 Å². The quantitative estimate of drug-likeness (QED) is 0.819. The third kappa shape index (κ3) is 3.86. The van der Waals surface area contributed by atoms with Crippen molar-refractivity contribution in [2.75, 3.05) is 25.0 Å². The van der Waals surface area contributed by atoms with Crippen LogP contribution in [0.1, 0.15) is 33.6 Å². The number of benzene rings is 1. The molecule has 2 heterocycles. The second kappa shape index (κ2) is 7.05. The van der Waals surface area contributed by atoms with Gasteiger partial charge in [-0.15, -0.1) is 0 Å². The van der Waals surface area contributed by atoms with Crippen molar-refractivity contribution in [2.24, 2.45) is 0 Å². The molecule has 0 N–H and O–H groups in total. The molecule has 0 radical (unpaired) electrons. The van der Waals surface area contributed by atoms with Crippen molar-refractivity contribution in [2.45, 2.75) is 45.3 Å². The number of fused-ring (bicyclic) bond motifs is 1. The number of nitrogens with zero attached hydrogens (tertiary/aromatic N) is 4. The molecule has 140 valence electrons. The van der Waals surface area contributed by atoms with Gasteiger partial charge in [-0.2, -0.15) is 0 Å². The second-order valence-corrected chi connectivity index (χ2v) is 7.67. The molecule has 1 aromatic carbocycles. The van der Waals surface area contributed by atoms with Gasteiger partial charge < -0.3 is 14.5 Å². The minimum atomic E-state index is -0.528. The molecular weight excluding hydrogens is 335 g/mol. The number of aromatic nitrogens is 2. The summed E-state index contributed by atoms with van der Waals surface area (Å²) in [5.74, 6) is 0.349. The largest absolute Gasteiger partial charge is 0.444 e. The molecule has 1 aromatic heterocycles. The number of carbonyl (C=O) groups is 1. The fourth-order valence-electron chi connectivity index (χ4n) is 3.24. The summed E-state index contributed by atoms with van der Waals surface area (Å²) in [6.45, 7) is 6.99. The summed E-state index contributed by atoms with van der Waals surface area (Å²) < 4.78 is 19.5. The van der Waals surface area contributed by atoms with Crippen LogP contribution in [0.15, 0.2) is 24.5 Å². The zero-order valence-electron chi connectivity index (χ0n) is 15.7. The lowest BCUT2D eigenvalue weighted by Gasteiger charge is -2.38. The third-order valence-corrected chi connectivity index (χ3v) is 4.52. The molecule has 6 nitrogen and oxygen atoms in total. The zero-order valence-corrected chi connectivity index (χ0v) is 15.7. The van der Waals surface area contributed by atoms with Crippen molar-refractivity contribution in [3.8, 4) is 0 Å². The first kappa shape index (κ1) is 18.4. The fraction of sp³-hybridized carbons (Fsp3) is 0.526. The molecule has 0 spiro atoms. The molecule has 1 saturated heterocycles. The number of amides is 1. The molecule has 0 bridgehead atoms. The molecule has 1 amide bonds. The summed E-state index contributed by atoms with van der Waals surface area (Å²) in [5, 5.41) is 0.688. The monoisotopic (exact) mass is 360 g/mol. The average molecular weight is 360 g/mol. The SMILES string of the molecule is CN(C(=O)OC(C)(C)C)C1CCCN(c2ncnc3c(F)cccc23)C1. The Hall–Kier alpha value is -2.44. The molecule has 3 rings (SSSR count). The van der Waals surface area contributed by atoms with E-state index < -0.39 is 5.60 Å². The Morgan fingerprint density at radius 3 is 2.85 bits per heavy atom. The Morgan fingerprint density at radius 2 is 2.12 bits per heavy atom. The predicted molar refractivity (Wildman–Crippen MR) is 98.7 cm³/mol. The highest BCUT2D eigenvalue weighted by atomic mass is 19.1. The Bertz CT molecular complexity index is 806. The van der Waals surface area contributed by atoms with E-state index in [1.807, 2.05) is 26.8 Å². The van der Waals surface area contributed by atoms with Crippen LogP contribution >= 0.6 is 0 Å². The van der Waals surface area contributed by atoms with Crippen molar-refractivity contribution < 1.29 is 13.9 Å². The number of halogens is 1. The van der Waals surface area contributed by atoms with Crippen LogP contribution in [0.3, 0.4) is 0 Å². The number of likely N-dealkylation sites (N-methyl/N-ethyl adjacent to an activating group) is 1. The number of ether oxygens (including phenoxy) is 1. The van der Waals surface area contributed by atoms with Gasteiger partial charge in [-0.1, -0.05) is 6.07 Å². The minimum absolute atomic E-state index is 0.0113. The van der Waals surface area contributed by atoms with Gasteiger partial charge in [0.2, 0.25) is 0 Å². The zero-order chi connectivity index (χ0) is 18.9. The van der Waals surface area contributed by atoms with Gasteiger partial charge in [0.15, 0.2) is 0 Å². The summed E-state index contributed by atoms with van der Waals surface area (Å²) in [6.07, 6.45) is 2.87. The van der Waals surface area contributed by atoms with Crippen LogP contribution < -0.4 is 4.90 Å². The first-order valence-electron chi connectivity index (χ1n) is 8.86. The topological polar surface area (TPSA) is 58.6 Å². The Balaban J connectivity index is 1.81. The van der Waals surface area contributed by atoms with Gasteiger partial charge in [0.1, 0.15) is 29.1 Å². The smallest absolute Gasteiger partial charge is 0.410 e. The number of hydrogen-bond donors (Lipinski definition) is 0. The van der Waals surface area contributed by atoms with Gasteiger partial charge >= 0.3 is 6.09 Å². The maximum atomic E-state index is 14.0. The molecule has 26 heavy (non-hydrogen) atoms. The number of anilines is 1. The highest BCUT2D eigenvalue weighted by molar-refractivity contribution is 5.89. The van der Waals surface area contributed by atoms with E-state index in [4.69, 9.17) is 4.74 Å². The molecule has 1 aliphatic rings. The fourth-order valence-corrected chi connectivity index (χ4v) is 3.24. The van der Waals surface area contributed by atoms with Crippen LogP contribution in [0.4, 0.5) is 15.0 Å². The highest BCUT2D eigenvalue weighted by Gasteiger charge is 2.30. The molecule has 2 aromatic rings. The lowest BCUT2D eigenvalue weighted by molar-refractivity contribution is 0.0209. The normalized spacial score (nSPS) is 18.0. The molecule has 0 aliphatic carbocycles. The van der Waals surface area contributed by atoms with Gasteiger partial charge in [-0.05, 0) is 45.7 Å². The van der Waals surface area contributed by atoms with E-state index in [9.17, 15) is 9.18 Å². The van der Waals surface area contributed by atoms with Crippen LogP contribution in [0.2, 0.25) is 0 Å². The molecule has 1 unspecified atom stereocenters. The van der Waals surface area contributed by atoms with Crippen molar-refractivity contribution in [3.63, 3.8) is 0 Å². The Morgan fingerprint density at radius 1 is 1.35 bits per heavy atom. The summed E-state index contributed by atoms with van der Waals surface area (Å²) in [5.41, 5.74) is -0.208. The van der Waals surface area contributed by atoms with Gasteiger partial charge in [-0.25, -0.2) is 19.2 Å². The van der Waals surface area contributed by atoms with Crippen LogP contribution in [0, 0.1) is 5.82 Å². The third-order valence-electron chi connectivity index (χ3n) is 4.52. The van der Waals surface area contributed by atoms with Gasteiger partial charge in [0.05, 0.1) is 6.04 Å². The van der Waals surface area contributed by atoms with E-state index in [1.165, 1.54) is 12.4 Å². The van der Waals surface area contributed by atoms with Crippen LogP contribution in [-0.4, -0.2) is 52.7 Å². The van der Waals surface area contributed by atoms with Crippen LogP contribution in [0.5, 0.6) is 0 Å². The van der Waals surface area contributed by atoms with E-state index in [0.717, 1.165) is 19.4 Å². The predicted octanol–water partition coefficient (Wildman–Crippen LogP) is 3.60. The number of para-hydroxylation sites is 1. The van der Waals surface area contributed by atoms with E-state index in [0.29, 0.717) is 23.3 Å². The molecule has 7 heteroatoms. The lowest BCUT2D eigenvalue weighted by atomic mass is 10.0. The molecular formula is C19H25FN4O2. The van der Waals surface area contributed by atoms with Crippen molar-refractivity contribution in [1.29, 1.82) is 0 Å². The second-order valence-electron chi connectivity index (χ2n) is 7.67. The van der Waals surface area contributed by atoms with E-state index >= 15 is 0 Å². The average Bonchev–Trinajstić information content (AvgIpc) is 2.59. The molecule has 0 saturated carbocycles. The first-order valence-corrected chi connectivity index (χ1v) is 8.86. The Kier molecular flexibility index (Phi) is 4.98. The number of rotatable bonds is 2. The number of carbonyl (C=O) groups excluding carboxylic acids is 1. The van der Waals surface area contributed by atoms with Crippen LogP contribution in [-0.2, 0) is 4.74 Å². The Labute approximate surface area is 153 Å². The number of hydrogen-bond acceptors (Lipinski definition) is 5. The van der Waals surface area contributed by atoms with E-state index in [-0.39, 0.29) is 18.0 Å². The van der Waals surface area contributed by atoms with Gasteiger partial charge in [0.25, 0.3) is 0 Å². The summed E-state index contributed by atoms with van der Waals surface area (Å²) in [4.78, 5) is 24.6. The number of piperidine rings is 1. The highest BCUT2D eigenvalue weighted by Crippen LogP contribution is 2.28. The van der Waals surface area contributed by atoms with Crippen molar-refractivity contribution in [3.05, 3.63) is 30.3 Å². The van der Waals surface area contributed by atoms with E-state index in [1.54, 1.807) is 18.0 Å². The minimum Gasteiger partial charge on any atom is -0.444 e. The maximum absolute atomic E-state index is 14.0. The molecule has 1 aliphatic heterocycles. The van der Waals surface area contributed by atoms with E-state index in [2.05, 4.69) is 14.9 Å². The summed E-state index contributed by atoms with van der Waals surface area (Å²) >= 11 is 0. The maximum Gasteiger partial charge on any atom is 0.410 e. The van der Waals surface area contributed by atoms with Gasteiger partial charge in [-0.3, -0.25) is 0 Å². The summed E-state index contributed by atoms with van der Waals surface area (Å²) in [6, 6.07) is 4.90.